The lowest BCUT2D eigenvalue weighted by Gasteiger charge is -2.01. The molecule has 0 heterocycles. The van der Waals surface area contributed by atoms with Crippen molar-refractivity contribution in [2.24, 2.45) is 5.92 Å². The third-order valence-corrected chi connectivity index (χ3v) is 3.58. The van der Waals surface area contributed by atoms with Crippen molar-refractivity contribution in [2.45, 2.75) is 23.7 Å². The summed E-state index contributed by atoms with van der Waals surface area (Å²) in [6.45, 7) is 2.14. The zero-order valence-electron chi connectivity index (χ0n) is 4.86. The molecule has 2 heteroatoms. The number of rotatable bonds is 0. The third kappa shape index (κ3) is 1.04. The van der Waals surface area contributed by atoms with Crippen LogP contribution in [0.25, 0.3) is 0 Å². The van der Waals surface area contributed by atoms with E-state index in [0.717, 1.165) is 12.8 Å². The number of Topliss-reactive ketones (excluding diaryl/α,β-unsaturated/α-hetero) is 1. The van der Waals surface area contributed by atoms with Gasteiger partial charge in [0.25, 0.3) is 0 Å². The van der Waals surface area contributed by atoms with Crippen LogP contribution in [-0.4, -0.2) is 9.71 Å². The number of halogens is 1. The van der Waals surface area contributed by atoms with Gasteiger partial charge in [0.05, 0.1) is 3.92 Å². The first-order valence-corrected chi connectivity index (χ1v) is 4.13. The molecule has 1 aliphatic rings. The van der Waals surface area contributed by atoms with Crippen molar-refractivity contribution in [1.29, 1.82) is 0 Å². The van der Waals surface area contributed by atoms with Crippen LogP contribution in [0.3, 0.4) is 0 Å². The average molecular weight is 224 g/mol. The Morgan fingerprint density at radius 2 is 2.38 bits per heavy atom. The fraction of sp³-hybridized carbons (Fsp3) is 0.833. The van der Waals surface area contributed by atoms with Crippen LogP contribution in [-0.2, 0) is 4.79 Å². The van der Waals surface area contributed by atoms with Gasteiger partial charge in [-0.1, -0.05) is 29.5 Å². The lowest BCUT2D eigenvalue weighted by Crippen LogP contribution is -2.09. The first-order valence-electron chi connectivity index (χ1n) is 2.88. The maximum atomic E-state index is 10.8. The molecule has 2 atom stereocenters. The second kappa shape index (κ2) is 2.33. The Morgan fingerprint density at radius 1 is 1.75 bits per heavy atom. The van der Waals surface area contributed by atoms with E-state index in [9.17, 15) is 4.79 Å². The van der Waals surface area contributed by atoms with Crippen LogP contribution >= 0.6 is 22.6 Å². The summed E-state index contributed by atoms with van der Waals surface area (Å²) in [5.74, 6) is 1.07. The number of hydrogen-bond acceptors (Lipinski definition) is 1. The van der Waals surface area contributed by atoms with Crippen LogP contribution in [0.5, 0.6) is 0 Å². The number of carbonyl (C=O) groups is 1. The smallest absolute Gasteiger partial charge is 0.145 e. The molecular weight excluding hydrogens is 215 g/mol. The van der Waals surface area contributed by atoms with E-state index in [0.29, 0.717) is 15.6 Å². The molecule has 0 aromatic rings. The van der Waals surface area contributed by atoms with Gasteiger partial charge in [-0.2, -0.15) is 0 Å². The van der Waals surface area contributed by atoms with E-state index in [1.807, 2.05) is 0 Å². The predicted molar refractivity (Wildman–Crippen MR) is 41.2 cm³/mol. The Bertz CT molecular complexity index is 111. The van der Waals surface area contributed by atoms with Crippen molar-refractivity contribution < 1.29 is 4.79 Å². The van der Waals surface area contributed by atoms with Gasteiger partial charge in [-0.25, -0.2) is 0 Å². The molecule has 0 unspecified atom stereocenters. The highest BCUT2D eigenvalue weighted by atomic mass is 127. The standard InChI is InChI=1S/C6H9IO/c1-4-2-3-5(8)6(4)7/h4,6H,2-3H2,1H3/t4-,6-/m1/s1. The minimum Gasteiger partial charge on any atom is -0.299 e. The molecule has 1 rings (SSSR count). The van der Waals surface area contributed by atoms with Crippen LogP contribution in [0.2, 0.25) is 0 Å². The van der Waals surface area contributed by atoms with E-state index in [4.69, 9.17) is 0 Å². The molecule has 46 valence electrons. The van der Waals surface area contributed by atoms with Crippen LogP contribution < -0.4 is 0 Å². The molecule has 8 heavy (non-hydrogen) atoms. The SMILES string of the molecule is C[C@@H]1CCC(=O)[C@@H]1I. The van der Waals surface area contributed by atoms with E-state index in [-0.39, 0.29) is 0 Å². The van der Waals surface area contributed by atoms with Gasteiger partial charge >= 0.3 is 0 Å². The molecule has 0 aromatic heterocycles. The highest BCUT2D eigenvalue weighted by Gasteiger charge is 2.28. The summed E-state index contributed by atoms with van der Waals surface area (Å²) < 4.78 is 0.313. The lowest BCUT2D eigenvalue weighted by atomic mass is 10.1. The number of carbonyl (C=O) groups excluding carboxylic acids is 1. The zero-order chi connectivity index (χ0) is 6.15. The minimum atomic E-state index is 0.313. The molecule has 1 fully saturated rings. The molecule has 0 aromatic carbocycles. The molecule has 1 aliphatic carbocycles. The maximum Gasteiger partial charge on any atom is 0.145 e. The van der Waals surface area contributed by atoms with Gasteiger partial charge in [-0.05, 0) is 12.3 Å². The second-order valence-electron chi connectivity index (χ2n) is 2.38. The van der Waals surface area contributed by atoms with E-state index in [2.05, 4.69) is 29.5 Å². The van der Waals surface area contributed by atoms with E-state index in [1.165, 1.54) is 0 Å². The van der Waals surface area contributed by atoms with Crippen molar-refractivity contribution in [3.05, 3.63) is 0 Å². The molecule has 0 N–H and O–H groups in total. The highest BCUT2D eigenvalue weighted by Crippen LogP contribution is 2.27. The van der Waals surface area contributed by atoms with Crippen molar-refractivity contribution in [3.8, 4) is 0 Å². The molecule has 0 spiro atoms. The zero-order valence-corrected chi connectivity index (χ0v) is 7.01. The molecule has 1 nitrogen and oxygen atoms in total. The Balaban J connectivity index is 2.56. The van der Waals surface area contributed by atoms with Crippen LogP contribution in [0.4, 0.5) is 0 Å². The van der Waals surface area contributed by atoms with Gasteiger partial charge in [0, 0.05) is 6.42 Å². The molecule has 0 radical (unpaired) electrons. The summed E-state index contributed by atoms with van der Waals surface area (Å²) in [7, 11) is 0. The number of hydrogen-bond donors (Lipinski definition) is 0. The van der Waals surface area contributed by atoms with Crippen molar-refractivity contribution in [1.82, 2.24) is 0 Å². The van der Waals surface area contributed by atoms with E-state index in [1.54, 1.807) is 0 Å². The Morgan fingerprint density at radius 3 is 2.50 bits per heavy atom. The van der Waals surface area contributed by atoms with Crippen molar-refractivity contribution in [2.75, 3.05) is 0 Å². The van der Waals surface area contributed by atoms with Gasteiger partial charge < -0.3 is 0 Å². The van der Waals surface area contributed by atoms with Crippen LogP contribution in [0.1, 0.15) is 19.8 Å². The Kier molecular flexibility index (Phi) is 1.90. The van der Waals surface area contributed by atoms with Crippen molar-refractivity contribution >= 4 is 28.4 Å². The Hall–Kier alpha value is 0.400. The first-order chi connectivity index (χ1) is 3.72. The molecule has 0 bridgehead atoms. The summed E-state index contributed by atoms with van der Waals surface area (Å²) in [5, 5.41) is 0. The van der Waals surface area contributed by atoms with Crippen LogP contribution in [0, 0.1) is 5.92 Å². The minimum absolute atomic E-state index is 0.313. The summed E-state index contributed by atoms with van der Waals surface area (Å²) in [5.41, 5.74) is 0. The summed E-state index contributed by atoms with van der Waals surface area (Å²) in [6.07, 6.45) is 1.92. The quantitative estimate of drug-likeness (QED) is 0.452. The largest absolute Gasteiger partial charge is 0.299 e. The Labute approximate surface area is 63.0 Å². The summed E-state index contributed by atoms with van der Waals surface area (Å²) >= 11 is 2.23. The normalized spacial score (nSPS) is 38.5. The summed E-state index contributed by atoms with van der Waals surface area (Å²) in [4.78, 5) is 10.8. The number of alkyl halides is 1. The first kappa shape index (κ1) is 6.52. The molecule has 0 aliphatic heterocycles. The maximum absolute atomic E-state index is 10.8. The van der Waals surface area contributed by atoms with E-state index >= 15 is 0 Å². The van der Waals surface area contributed by atoms with Gasteiger partial charge in [-0.3, -0.25) is 4.79 Å². The molecular formula is C6H9IO. The third-order valence-electron chi connectivity index (χ3n) is 1.65. The van der Waals surface area contributed by atoms with Crippen molar-refractivity contribution in [3.63, 3.8) is 0 Å². The van der Waals surface area contributed by atoms with E-state index < -0.39 is 0 Å². The topological polar surface area (TPSA) is 17.1 Å². The predicted octanol–water partition coefficient (Wildman–Crippen LogP) is 1.79. The summed E-state index contributed by atoms with van der Waals surface area (Å²) in [6, 6.07) is 0. The van der Waals surface area contributed by atoms with Gasteiger partial charge in [0.15, 0.2) is 0 Å². The molecule has 1 saturated carbocycles. The monoisotopic (exact) mass is 224 g/mol. The fourth-order valence-corrected chi connectivity index (χ4v) is 1.64. The average Bonchev–Trinajstić information content (AvgIpc) is 1.98. The van der Waals surface area contributed by atoms with Gasteiger partial charge in [0.1, 0.15) is 5.78 Å². The lowest BCUT2D eigenvalue weighted by molar-refractivity contribution is -0.116. The second-order valence-corrected chi connectivity index (χ2v) is 3.73. The number of ketones is 1. The van der Waals surface area contributed by atoms with Crippen LogP contribution in [0.15, 0.2) is 0 Å². The van der Waals surface area contributed by atoms with Gasteiger partial charge in [0.2, 0.25) is 0 Å². The fourth-order valence-electron chi connectivity index (χ4n) is 0.971. The van der Waals surface area contributed by atoms with Gasteiger partial charge in [-0.15, -0.1) is 0 Å². The molecule has 0 amide bonds. The molecule has 0 saturated heterocycles. The highest BCUT2D eigenvalue weighted by molar-refractivity contribution is 14.1.